The van der Waals surface area contributed by atoms with Crippen LogP contribution in [-0.4, -0.2) is 37.9 Å². The van der Waals surface area contributed by atoms with Gasteiger partial charge in [0, 0.05) is 22.0 Å². The molecule has 0 saturated carbocycles. The van der Waals surface area contributed by atoms with Gasteiger partial charge in [-0.3, -0.25) is 14.4 Å². The number of carbonyl (C=O) groups excluding carboxylic acids is 3. The summed E-state index contributed by atoms with van der Waals surface area (Å²) in [5.74, 6) is -2.84. The van der Waals surface area contributed by atoms with Gasteiger partial charge in [-0.1, -0.05) is 0 Å². The minimum atomic E-state index is -0.756. The van der Waals surface area contributed by atoms with Gasteiger partial charge >= 0.3 is 0 Å². The van der Waals surface area contributed by atoms with E-state index < -0.39 is 42.5 Å². The van der Waals surface area contributed by atoms with E-state index in [2.05, 4.69) is 33.2 Å². The first kappa shape index (κ1) is 25.1. The highest BCUT2D eigenvalue weighted by atomic mass is 127. The average molecular weight is 579 g/mol. The number of carbonyl (C=O) groups is 3. The maximum absolute atomic E-state index is 13.8. The average Bonchev–Trinajstić information content (AvgIpc) is 2.83. The van der Waals surface area contributed by atoms with E-state index in [1.165, 1.54) is 42.3 Å². The first-order chi connectivity index (χ1) is 16.2. The van der Waals surface area contributed by atoms with Crippen LogP contribution < -0.4 is 20.3 Å². The Bertz CT molecular complexity index is 1190. The SMILES string of the molecule is CN(C(=O)CNC(=O)c1cc(F)ccc1OCC(=O)Nc1ccc(I)cc1)c1ccc(F)cc1. The highest BCUT2D eigenvalue weighted by Crippen LogP contribution is 2.20. The highest BCUT2D eigenvalue weighted by molar-refractivity contribution is 14.1. The molecule has 0 aliphatic rings. The molecule has 34 heavy (non-hydrogen) atoms. The Morgan fingerprint density at radius 2 is 1.59 bits per heavy atom. The topological polar surface area (TPSA) is 87.7 Å². The van der Waals surface area contributed by atoms with E-state index >= 15 is 0 Å². The molecule has 0 spiro atoms. The molecule has 3 aromatic rings. The zero-order chi connectivity index (χ0) is 24.7. The summed E-state index contributed by atoms with van der Waals surface area (Å²) >= 11 is 2.14. The van der Waals surface area contributed by atoms with Crippen LogP contribution in [0.5, 0.6) is 5.75 Å². The number of hydrogen-bond donors (Lipinski definition) is 2. The lowest BCUT2D eigenvalue weighted by molar-refractivity contribution is -0.118. The van der Waals surface area contributed by atoms with E-state index in [4.69, 9.17) is 4.74 Å². The van der Waals surface area contributed by atoms with Gasteiger partial charge in [0.15, 0.2) is 6.61 Å². The number of likely N-dealkylation sites (N-methyl/N-ethyl adjacent to an activating group) is 1. The van der Waals surface area contributed by atoms with Gasteiger partial charge in [0.25, 0.3) is 11.8 Å². The molecule has 10 heteroatoms. The van der Waals surface area contributed by atoms with Gasteiger partial charge in [0.1, 0.15) is 17.4 Å². The summed E-state index contributed by atoms with van der Waals surface area (Å²) in [6.07, 6.45) is 0. The van der Waals surface area contributed by atoms with Crippen molar-refractivity contribution in [2.24, 2.45) is 0 Å². The van der Waals surface area contributed by atoms with Gasteiger partial charge in [0.2, 0.25) is 5.91 Å². The summed E-state index contributed by atoms with van der Waals surface area (Å²) in [5, 5.41) is 5.06. The fourth-order valence-electron chi connectivity index (χ4n) is 2.86. The van der Waals surface area contributed by atoms with E-state index in [0.29, 0.717) is 11.4 Å². The number of hydrogen-bond acceptors (Lipinski definition) is 4. The summed E-state index contributed by atoms with van der Waals surface area (Å²) < 4.78 is 33.3. The van der Waals surface area contributed by atoms with E-state index in [9.17, 15) is 23.2 Å². The van der Waals surface area contributed by atoms with Gasteiger partial charge in [-0.15, -0.1) is 0 Å². The van der Waals surface area contributed by atoms with Gasteiger partial charge in [-0.2, -0.15) is 0 Å². The third-order valence-electron chi connectivity index (χ3n) is 4.66. The van der Waals surface area contributed by atoms with Crippen LogP contribution in [-0.2, 0) is 9.59 Å². The van der Waals surface area contributed by atoms with Crippen molar-refractivity contribution in [1.82, 2.24) is 5.32 Å². The third kappa shape index (κ3) is 6.98. The lowest BCUT2D eigenvalue weighted by Gasteiger charge is -2.18. The molecule has 0 aromatic heterocycles. The zero-order valence-corrected chi connectivity index (χ0v) is 20.1. The second kappa shape index (κ2) is 11.5. The molecule has 0 fully saturated rings. The number of amides is 3. The van der Waals surface area contributed by atoms with Crippen molar-refractivity contribution in [2.75, 3.05) is 30.4 Å². The first-order valence-corrected chi connectivity index (χ1v) is 11.1. The third-order valence-corrected chi connectivity index (χ3v) is 5.38. The van der Waals surface area contributed by atoms with Crippen LogP contribution in [0.1, 0.15) is 10.4 Å². The first-order valence-electron chi connectivity index (χ1n) is 10.0. The number of halogens is 3. The largest absolute Gasteiger partial charge is 0.483 e. The second-order valence-electron chi connectivity index (χ2n) is 7.10. The molecule has 0 aliphatic heterocycles. The van der Waals surface area contributed by atoms with Crippen molar-refractivity contribution >= 4 is 51.7 Å². The Morgan fingerprint density at radius 3 is 2.26 bits per heavy atom. The Balaban J connectivity index is 1.60. The Labute approximate surface area is 208 Å². The van der Waals surface area contributed by atoms with Crippen LogP contribution in [0, 0.1) is 15.2 Å². The predicted octanol–water partition coefficient (Wildman–Crippen LogP) is 3.98. The van der Waals surface area contributed by atoms with Crippen LogP contribution in [0.2, 0.25) is 0 Å². The van der Waals surface area contributed by atoms with Crippen molar-refractivity contribution in [3.8, 4) is 5.75 Å². The van der Waals surface area contributed by atoms with Gasteiger partial charge in [0.05, 0.1) is 12.1 Å². The number of ether oxygens (including phenoxy) is 1. The maximum Gasteiger partial charge on any atom is 0.262 e. The van der Waals surface area contributed by atoms with Gasteiger partial charge in [-0.05, 0) is 89.3 Å². The fourth-order valence-corrected chi connectivity index (χ4v) is 3.22. The van der Waals surface area contributed by atoms with Crippen molar-refractivity contribution in [3.05, 3.63) is 87.5 Å². The van der Waals surface area contributed by atoms with Gasteiger partial charge in [-0.25, -0.2) is 8.78 Å². The van der Waals surface area contributed by atoms with E-state index in [-0.39, 0.29) is 11.3 Å². The van der Waals surface area contributed by atoms with E-state index in [1.807, 2.05) is 12.1 Å². The highest BCUT2D eigenvalue weighted by Gasteiger charge is 2.18. The molecule has 0 heterocycles. The molecule has 7 nitrogen and oxygen atoms in total. The molecular formula is C24H20F2IN3O4. The number of anilines is 2. The Morgan fingerprint density at radius 1 is 0.941 bits per heavy atom. The molecule has 2 N–H and O–H groups in total. The number of rotatable bonds is 8. The molecule has 0 radical (unpaired) electrons. The standard InChI is InChI=1S/C24H20F2IN3O4/c1-30(19-9-2-15(25)3-10-19)23(32)13-28-24(33)20-12-16(26)4-11-21(20)34-14-22(31)29-18-7-5-17(27)6-8-18/h2-12H,13-14H2,1H3,(H,28,33)(H,29,31). The lowest BCUT2D eigenvalue weighted by atomic mass is 10.2. The molecule has 0 atom stereocenters. The second-order valence-corrected chi connectivity index (χ2v) is 8.34. The molecule has 0 bridgehead atoms. The molecule has 3 amide bonds. The molecule has 176 valence electrons. The van der Waals surface area contributed by atoms with Crippen LogP contribution >= 0.6 is 22.6 Å². The summed E-state index contributed by atoms with van der Waals surface area (Å²) in [7, 11) is 1.48. The van der Waals surface area contributed by atoms with Crippen molar-refractivity contribution < 1.29 is 27.9 Å². The van der Waals surface area contributed by atoms with E-state index in [1.54, 1.807) is 12.1 Å². The fraction of sp³-hybridized carbons (Fsp3) is 0.125. The normalized spacial score (nSPS) is 10.4. The summed E-state index contributed by atoms with van der Waals surface area (Å²) in [6.45, 7) is -0.805. The minimum Gasteiger partial charge on any atom is -0.483 e. The molecule has 0 aliphatic carbocycles. The van der Waals surface area contributed by atoms with Crippen LogP contribution in [0.25, 0.3) is 0 Å². The monoisotopic (exact) mass is 579 g/mol. The number of nitrogens with zero attached hydrogens (tertiary/aromatic N) is 1. The molecule has 3 rings (SSSR count). The van der Waals surface area contributed by atoms with E-state index in [0.717, 1.165) is 15.7 Å². The van der Waals surface area contributed by atoms with Gasteiger partial charge < -0.3 is 20.3 Å². The lowest BCUT2D eigenvalue weighted by Crippen LogP contribution is -2.38. The number of benzene rings is 3. The summed E-state index contributed by atoms with van der Waals surface area (Å²) in [6, 6.07) is 15.7. The molecule has 0 unspecified atom stereocenters. The molecular weight excluding hydrogens is 559 g/mol. The molecule has 3 aromatic carbocycles. The van der Waals surface area contributed by atoms with Crippen LogP contribution in [0.15, 0.2) is 66.7 Å². The Hall–Kier alpha value is -3.54. The summed E-state index contributed by atoms with van der Waals surface area (Å²) in [5.41, 5.74) is 0.851. The van der Waals surface area contributed by atoms with Crippen molar-refractivity contribution in [1.29, 1.82) is 0 Å². The maximum atomic E-state index is 13.8. The molecule has 0 saturated heterocycles. The van der Waals surface area contributed by atoms with Crippen molar-refractivity contribution in [2.45, 2.75) is 0 Å². The van der Waals surface area contributed by atoms with Crippen LogP contribution in [0.4, 0.5) is 20.2 Å². The van der Waals surface area contributed by atoms with Crippen LogP contribution in [0.3, 0.4) is 0 Å². The minimum absolute atomic E-state index is 0.0176. The number of nitrogens with one attached hydrogen (secondary N) is 2. The predicted molar refractivity (Wildman–Crippen MR) is 132 cm³/mol. The Kier molecular flexibility index (Phi) is 8.52. The smallest absolute Gasteiger partial charge is 0.262 e. The van der Waals surface area contributed by atoms with Crippen molar-refractivity contribution in [3.63, 3.8) is 0 Å². The summed E-state index contributed by atoms with van der Waals surface area (Å²) in [4.78, 5) is 38.4. The zero-order valence-electron chi connectivity index (χ0n) is 18.0. The quantitative estimate of drug-likeness (QED) is 0.396.